The molecule has 4 nitrogen and oxygen atoms in total. The third-order valence-corrected chi connectivity index (χ3v) is 3.79. The van der Waals surface area contributed by atoms with Crippen LogP contribution in [0.25, 0.3) is 0 Å². The molecule has 25 heavy (non-hydrogen) atoms. The number of hydrogen-bond donors (Lipinski definition) is 1. The van der Waals surface area contributed by atoms with Crippen LogP contribution >= 0.6 is 15.9 Å². The second-order valence-corrected chi connectivity index (χ2v) is 6.86. The van der Waals surface area contributed by atoms with Gasteiger partial charge in [0.15, 0.2) is 0 Å². The Bertz CT molecular complexity index is 771. The van der Waals surface area contributed by atoms with E-state index in [-0.39, 0.29) is 12.0 Å². The SMILES string of the molecule is C=C(C)COc1ccccc1NC(=O)c1ccc(OC(C)C)c(Br)c1. The van der Waals surface area contributed by atoms with E-state index in [1.807, 2.05) is 39.0 Å². The molecule has 2 aromatic rings. The molecule has 0 unspecified atom stereocenters. The van der Waals surface area contributed by atoms with Crippen LogP contribution in [0, 0.1) is 0 Å². The van der Waals surface area contributed by atoms with Gasteiger partial charge in [0, 0.05) is 5.56 Å². The first-order valence-electron chi connectivity index (χ1n) is 8.00. The van der Waals surface area contributed by atoms with E-state index in [1.165, 1.54) is 0 Å². The number of hydrogen-bond acceptors (Lipinski definition) is 3. The van der Waals surface area contributed by atoms with Gasteiger partial charge in [0.2, 0.25) is 0 Å². The molecule has 0 heterocycles. The predicted octanol–water partition coefficient (Wildman–Crippen LogP) is 5.44. The second-order valence-electron chi connectivity index (χ2n) is 6.01. The van der Waals surface area contributed by atoms with Crippen LogP contribution in [0.1, 0.15) is 31.1 Å². The molecular formula is C20H22BrNO3. The van der Waals surface area contributed by atoms with Crippen LogP contribution in [-0.2, 0) is 0 Å². The third-order valence-electron chi connectivity index (χ3n) is 3.17. The van der Waals surface area contributed by atoms with Gasteiger partial charge in [0.1, 0.15) is 18.1 Å². The summed E-state index contributed by atoms with van der Waals surface area (Å²) in [5.41, 5.74) is 2.05. The van der Waals surface area contributed by atoms with E-state index < -0.39 is 0 Å². The van der Waals surface area contributed by atoms with E-state index in [9.17, 15) is 4.79 Å². The molecule has 5 heteroatoms. The van der Waals surface area contributed by atoms with Crippen molar-refractivity contribution < 1.29 is 14.3 Å². The molecule has 0 bridgehead atoms. The van der Waals surface area contributed by atoms with Crippen molar-refractivity contribution >= 4 is 27.5 Å². The Labute approximate surface area is 157 Å². The van der Waals surface area contributed by atoms with Gasteiger partial charge < -0.3 is 14.8 Å². The normalized spacial score (nSPS) is 10.4. The van der Waals surface area contributed by atoms with E-state index in [0.717, 1.165) is 10.0 Å². The standard InChI is InChI=1S/C20H22BrNO3/c1-13(2)12-24-19-8-6-5-7-17(19)22-20(23)15-9-10-18(16(21)11-15)25-14(3)4/h5-11,14H,1,12H2,2-4H3,(H,22,23). The van der Waals surface area contributed by atoms with E-state index in [2.05, 4.69) is 27.8 Å². The lowest BCUT2D eigenvalue weighted by atomic mass is 10.2. The van der Waals surface area contributed by atoms with Crippen LogP contribution in [-0.4, -0.2) is 18.6 Å². The van der Waals surface area contributed by atoms with E-state index in [4.69, 9.17) is 9.47 Å². The number of nitrogens with one attached hydrogen (secondary N) is 1. The number of carbonyl (C=O) groups excluding carboxylic acids is 1. The lowest BCUT2D eigenvalue weighted by molar-refractivity contribution is 0.102. The zero-order chi connectivity index (χ0) is 18.4. The van der Waals surface area contributed by atoms with E-state index in [0.29, 0.717) is 29.4 Å². The molecule has 0 spiro atoms. The summed E-state index contributed by atoms with van der Waals surface area (Å²) in [6, 6.07) is 12.6. The van der Waals surface area contributed by atoms with Crippen molar-refractivity contribution in [3.8, 4) is 11.5 Å². The molecule has 2 aromatic carbocycles. The lowest BCUT2D eigenvalue weighted by Crippen LogP contribution is -2.13. The number of halogens is 1. The fourth-order valence-corrected chi connectivity index (χ4v) is 2.56. The number of rotatable bonds is 7. The van der Waals surface area contributed by atoms with Crippen molar-refractivity contribution in [1.29, 1.82) is 0 Å². The Kier molecular flexibility index (Phi) is 6.65. The maximum Gasteiger partial charge on any atom is 0.255 e. The molecule has 1 amide bonds. The molecule has 0 aliphatic carbocycles. The van der Waals surface area contributed by atoms with Crippen molar-refractivity contribution in [1.82, 2.24) is 0 Å². The minimum absolute atomic E-state index is 0.0633. The average Bonchev–Trinajstić information content (AvgIpc) is 2.55. The molecule has 2 rings (SSSR count). The number of amides is 1. The predicted molar refractivity (Wildman–Crippen MR) is 105 cm³/mol. The minimum atomic E-state index is -0.219. The Morgan fingerprint density at radius 1 is 1.20 bits per heavy atom. The Balaban J connectivity index is 2.14. The van der Waals surface area contributed by atoms with E-state index >= 15 is 0 Å². The minimum Gasteiger partial charge on any atom is -0.490 e. The Hall–Kier alpha value is -2.27. The first-order valence-corrected chi connectivity index (χ1v) is 8.80. The first kappa shape index (κ1) is 19.1. The first-order chi connectivity index (χ1) is 11.9. The Morgan fingerprint density at radius 2 is 1.92 bits per heavy atom. The fraction of sp³-hybridized carbons (Fsp3) is 0.250. The largest absolute Gasteiger partial charge is 0.490 e. The van der Waals surface area contributed by atoms with Crippen LogP contribution in [0.2, 0.25) is 0 Å². The summed E-state index contributed by atoms with van der Waals surface area (Å²) >= 11 is 3.45. The summed E-state index contributed by atoms with van der Waals surface area (Å²) < 4.78 is 12.1. The second kappa shape index (κ2) is 8.72. The van der Waals surface area contributed by atoms with Gasteiger partial charge in [0.25, 0.3) is 5.91 Å². The molecule has 1 N–H and O–H groups in total. The zero-order valence-electron chi connectivity index (χ0n) is 14.6. The number of para-hydroxylation sites is 2. The number of benzene rings is 2. The highest BCUT2D eigenvalue weighted by atomic mass is 79.9. The highest BCUT2D eigenvalue weighted by molar-refractivity contribution is 9.10. The van der Waals surface area contributed by atoms with Crippen LogP contribution in [0.5, 0.6) is 11.5 Å². The van der Waals surface area contributed by atoms with Gasteiger partial charge in [-0.15, -0.1) is 0 Å². The summed E-state index contributed by atoms with van der Waals surface area (Å²) in [5.74, 6) is 1.09. The molecular weight excluding hydrogens is 382 g/mol. The Morgan fingerprint density at radius 3 is 2.56 bits per heavy atom. The maximum atomic E-state index is 12.5. The van der Waals surface area contributed by atoms with Gasteiger partial charge in [-0.25, -0.2) is 0 Å². The molecule has 0 aromatic heterocycles. The molecule has 0 saturated heterocycles. The van der Waals surface area contributed by atoms with Crippen LogP contribution in [0.4, 0.5) is 5.69 Å². The average molecular weight is 404 g/mol. The van der Waals surface area contributed by atoms with E-state index in [1.54, 1.807) is 24.3 Å². The van der Waals surface area contributed by atoms with Gasteiger partial charge in [-0.3, -0.25) is 4.79 Å². The van der Waals surface area contributed by atoms with Gasteiger partial charge >= 0.3 is 0 Å². The van der Waals surface area contributed by atoms with Crippen LogP contribution in [0.15, 0.2) is 59.1 Å². The third kappa shape index (κ3) is 5.64. The number of ether oxygens (including phenoxy) is 2. The van der Waals surface area contributed by atoms with Crippen molar-refractivity contribution in [2.24, 2.45) is 0 Å². The summed E-state index contributed by atoms with van der Waals surface area (Å²) in [6.45, 7) is 10.0. The highest BCUT2D eigenvalue weighted by Gasteiger charge is 2.12. The molecule has 0 aliphatic heterocycles. The molecule has 0 radical (unpaired) electrons. The molecule has 132 valence electrons. The summed E-state index contributed by atoms with van der Waals surface area (Å²) in [7, 11) is 0. The van der Waals surface area contributed by atoms with Crippen molar-refractivity contribution in [2.75, 3.05) is 11.9 Å². The zero-order valence-corrected chi connectivity index (χ0v) is 16.2. The van der Waals surface area contributed by atoms with Crippen LogP contribution in [0.3, 0.4) is 0 Å². The molecule has 0 atom stereocenters. The van der Waals surface area contributed by atoms with Crippen LogP contribution < -0.4 is 14.8 Å². The smallest absolute Gasteiger partial charge is 0.255 e. The van der Waals surface area contributed by atoms with Gasteiger partial charge in [0.05, 0.1) is 16.3 Å². The van der Waals surface area contributed by atoms with Crippen molar-refractivity contribution in [3.05, 3.63) is 64.7 Å². The molecule has 0 fully saturated rings. The highest BCUT2D eigenvalue weighted by Crippen LogP contribution is 2.28. The van der Waals surface area contributed by atoms with Crippen molar-refractivity contribution in [2.45, 2.75) is 26.9 Å². The number of anilines is 1. The summed E-state index contributed by atoms with van der Waals surface area (Å²) in [6.07, 6.45) is 0.0633. The topological polar surface area (TPSA) is 47.6 Å². The maximum absolute atomic E-state index is 12.5. The summed E-state index contributed by atoms with van der Waals surface area (Å²) in [5, 5.41) is 2.88. The quantitative estimate of drug-likeness (QED) is 0.625. The monoisotopic (exact) mass is 403 g/mol. The lowest BCUT2D eigenvalue weighted by Gasteiger charge is -2.14. The fourth-order valence-electron chi connectivity index (χ4n) is 2.08. The van der Waals surface area contributed by atoms with Gasteiger partial charge in [-0.1, -0.05) is 18.7 Å². The molecule has 0 saturated carbocycles. The van der Waals surface area contributed by atoms with Gasteiger partial charge in [-0.05, 0) is 72.6 Å². The van der Waals surface area contributed by atoms with Gasteiger partial charge in [-0.2, -0.15) is 0 Å². The number of carbonyl (C=O) groups is 1. The molecule has 0 aliphatic rings. The summed E-state index contributed by atoms with van der Waals surface area (Å²) in [4.78, 5) is 12.5. The van der Waals surface area contributed by atoms with Crippen molar-refractivity contribution in [3.63, 3.8) is 0 Å².